The van der Waals surface area contributed by atoms with E-state index < -0.39 is 0 Å². The number of benzene rings is 10. The Morgan fingerprint density at radius 3 is 1.38 bits per heavy atom. The Morgan fingerprint density at radius 2 is 0.793 bits per heavy atom. The van der Waals surface area contributed by atoms with Crippen LogP contribution in [0, 0.1) is 0 Å². The highest BCUT2D eigenvalue weighted by molar-refractivity contribution is 6.31. The van der Waals surface area contributed by atoms with E-state index in [0.29, 0.717) is 0 Å². The molecule has 0 fully saturated rings. The SMILES string of the molecule is C1=Cc2cc3c(c(-c4ccc5c(-c6c7ccccc7cc7ccccc67)c6ccccc6c(-c6c7ccccc7cc7ccccc67)c5c4)c2C=CC1)C=CCCC3. The zero-order valence-corrected chi connectivity index (χ0v) is 32.3. The summed E-state index contributed by atoms with van der Waals surface area (Å²) < 4.78 is 0. The molecule has 0 N–H and O–H groups in total. The standard InChI is InChI=1S/C58H40/c1-3-17-37-33-38-18-4-2-6-24-45(38)54(44(37)23-5-1)43-31-32-52-53(36-43)58(56-48-27-13-9-21-41(48)35-42-22-10-14-28-49(42)56)51-30-16-15-29-50(51)57(52)55-46-25-11-7-19-39(46)34-40-20-8-12-26-47(40)55/h3,5-17,19-36H,1-2,4,18H2. The monoisotopic (exact) mass is 736 g/mol. The maximum Gasteiger partial charge on any atom is -0.00137 e. The number of aryl methyl sites for hydroxylation is 1. The third-order valence-electron chi connectivity index (χ3n) is 12.8. The fourth-order valence-electron chi connectivity index (χ4n) is 10.3. The second-order valence-electron chi connectivity index (χ2n) is 16.1. The molecule has 0 nitrogen and oxygen atoms in total. The summed E-state index contributed by atoms with van der Waals surface area (Å²) in [6.07, 6.45) is 18.5. The average molecular weight is 737 g/mol. The zero-order chi connectivity index (χ0) is 38.2. The molecule has 0 aromatic heterocycles. The molecule has 0 bridgehead atoms. The predicted molar refractivity (Wildman–Crippen MR) is 252 cm³/mol. The topological polar surface area (TPSA) is 0 Å². The molecule has 0 radical (unpaired) electrons. The molecule has 0 saturated carbocycles. The van der Waals surface area contributed by atoms with E-state index in [1.165, 1.54) is 127 Å². The van der Waals surface area contributed by atoms with Crippen LogP contribution in [-0.2, 0) is 6.42 Å². The molecule has 58 heavy (non-hydrogen) atoms. The lowest BCUT2D eigenvalue weighted by molar-refractivity contribution is 0.851. The minimum atomic E-state index is 0.943. The largest absolute Gasteiger partial charge is 0.0839 e. The molecule has 272 valence electrons. The van der Waals surface area contributed by atoms with Gasteiger partial charge in [-0.15, -0.1) is 0 Å². The normalized spacial score (nSPS) is 13.7. The highest BCUT2D eigenvalue weighted by Crippen LogP contribution is 2.51. The van der Waals surface area contributed by atoms with Gasteiger partial charge in [-0.05, 0) is 164 Å². The highest BCUT2D eigenvalue weighted by atomic mass is 14.3. The van der Waals surface area contributed by atoms with Gasteiger partial charge >= 0.3 is 0 Å². The summed E-state index contributed by atoms with van der Waals surface area (Å²) in [6, 6.07) is 59.7. The zero-order valence-electron chi connectivity index (χ0n) is 32.3. The molecule has 0 heterocycles. The van der Waals surface area contributed by atoms with Crippen molar-refractivity contribution in [2.24, 2.45) is 0 Å². The molecule has 2 aliphatic carbocycles. The van der Waals surface area contributed by atoms with Crippen molar-refractivity contribution in [2.75, 3.05) is 0 Å². The first-order chi connectivity index (χ1) is 28.8. The van der Waals surface area contributed by atoms with Gasteiger partial charge in [0.2, 0.25) is 0 Å². The van der Waals surface area contributed by atoms with Crippen LogP contribution in [-0.4, -0.2) is 0 Å². The van der Waals surface area contributed by atoms with Gasteiger partial charge in [0.05, 0.1) is 0 Å². The number of fused-ring (bicyclic) bond motifs is 8. The van der Waals surface area contributed by atoms with Gasteiger partial charge in [-0.2, -0.15) is 0 Å². The first kappa shape index (κ1) is 33.2. The van der Waals surface area contributed by atoms with Gasteiger partial charge in [-0.25, -0.2) is 0 Å². The minimum absolute atomic E-state index is 0.943. The molecule has 0 aliphatic heterocycles. The minimum Gasteiger partial charge on any atom is -0.0839 e. The van der Waals surface area contributed by atoms with Crippen LogP contribution in [0.15, 0.2) is 176 Å². The van der Waals surface area contributed by atoms with E-state index in [-0.39, 0.29) is 0 Å². The summed E-state index contributed by atoms with van der Waals surface area (Å²) in [6.45, 7) is 0. The van der Waals surface area contributed by atoms with Gasteiger partial charge in [0.25, 0.3) is 0 Å². The summed E-state index contributed by atoms with van der Waals surface area (Å²) in [5, 5.41) is 15.2. The summed E-state index contributed by atoms with van der Waals surface area (Å²) in [7, 11) is 0. The lowest BCUT2D eigenvalue weighted by atomic mass is 9.79. The Kier molecular flexibility index (Phi) is 7.60. The molecule has 10 aromatic carbocycles. The van der Waals surface area contributed by atoms with Crippen LogP contribution in [0.5, 0.6) is 0 Å². The first-order valence-corrected chi connectivity index (χ1v) is 20.8. The van der Waals surface area contributed by atoms with Gasteiger partial charge < -0.3 is 0 Å². The Hall–Kier alpha value is -7.02. The van der Waals surface area contributed by atoms with Gasteiger partial charge in [-0.1, -0.05) is 176 Å². The third kappa shape index (κ3) is 5.08. The van der Waals surface area contributed by atoms with Crippen LogP contribution >= 0.6 is 0 Å². The maximum atomic E-state index is 2.56. The summed E-state index contributed by atoms with van der Waals surface area (Å²) in [5.41, 5.74) is 13.3. The molecule has 0 heteroatoms. The van der Waals surface area contributed by atoms with Gasteiger partial charge in [0.1, 0.15) is 0 Å². The predicted octanol–water partition coefficient (Wildman–Crippen LogP) is 16.4. The van der Waals surface area contributed by atoms with Crippen LogP contribution in [0.1, 0.15) is 41.5 Å². The van der Waals surface area contributed by atoms with Crippen molar-refractivity contribution in [3.63, 3.8) is 0 Å². The van der Waals surface area contributed by atoms with Crippen LogP contribution in [0.2, 0.25) is 0 Å². The molecular formula is C58H40. The molecule has 0 saturated heterocycles. The van der Waals surface area contributed by atoms with E-state index in [1.807, 2.05) is 0 Å². The second kappa shape index (κ2) is 13.3. The smallest absolute Gasteiger partial charge is 0.00137 e. The molecule has 0 spiro atoms. The summed E-state index contributed by atoms with van der Waals surface area (Å²) >= 11 is 0. The Morgan fingerprint density at radius 1 is 0.328 bits per heavy atom. The molecule has 0 atom stereocenters. The quantitative estimate of drug-likeness (QED) is 0.158. The van der Waals surface area contributed by atoms with Crippen molar-refractivity contribution in [1.82, 2.24) is 0 Å². The fourth-order valence-corrected chi connectivity index (χ4v) is 10.3. The van der Waals surface area contributed by atoms with E-state index in [9.17, 15) is 0 Å². The number of rotatable bonds is 3. The van der Waals surface area contributed by atoms with E-state index in [2.05, 4.69) is 194 Å². The third-order valence-corrected chi connectivity index (χ3v) is 12.8. The molecule has 12 rings (SSSR count). The molecular weight excluding hydrogens is 697 g/mol. The first-order valence-electron chi connectivity index (χ1n) is 20.8. The highest BCUT2D eigenvalue weighted by Gasteiger charge is 2.24. The molecule has 2 aliphatic rings. The molecule has 0 amide bonds. The van der Waals surface area contributed by atoms with Crippen LogP contribution in [0.3, 0.4) is 0 Å². The number of hydrogen-bond donors (Lipinski definition) is 0. The summed E-state index contributed by atoms with van der Waals surface area (Å²) in [5.74, 6) is 0. The van der Waals surface area contributed by atoms with Crippen molar-refractivity contribution in [3.05, 3.63) is 198 Å². The van der Waals surface area contributed by atoms with Crippen LogP contribution in [0.4, 0.5) is 0 Å². The number of allylic oxidation sites excluding steroid dienone is 3. The molecule has 0 unspecified atom stereocenters. The Labute approximate surface area is 338 Å². The van der Waals surface area contributed by atoms with Crippen molar-refractivity contribution < 1.29 is 0 Å². The van der Waals surface area contributed by atoms with Gasteiger partial charge in [-0.3, -0.25) is 0 Å². The van der Waals surface area contributed by atoms with Crippen LogP contribution in [0.25, 0.3) is 116 Å². The fraction of sp³-hybridized carbons (Fsp3) is 0.0690. The van der Waals surface area contributed by atoms with E-state index in [4.69, 9.17) is 0 Å². The van der Waals surface area contributed by atoms with Gasteiger partial charge in [0, 0.05) is 0 Å². The van der Waals surface area contributed by atoms with Crippen LogP contribution < -0.4 is 0 Å². The van der Waals surface area contributed by atoms with E-state index in [1.54, 1.807) is 0 Å². The average Bonchev–Trinajstić information content (AvgIpc) is 3.66. The lowest BCUT2D eigenvalue weighted by Gasteiger charge is -2.23. The summed E-state index contributed by atoms with van der Waals surface area (Å²) in [4.78, 5) is 0. The maximum absolute atomic E-state index is 2.56. The Balaban J connectivity index is 1.31. The number of hydrogen-bond acceptors (Lipinski definition) is 0. The van der Waals surface area contributed by atoms with Crippen molar-refractivity contribution in [2.45, 2.75) is 25.7 Å². The lowest BCUT2D eigenvalue weighted by Crippen LogP contribution is -1.99. The second-order valence-corrected chi connectivity index (χ2v) is 16.1. The van der Waals surface area contributed by atoms with Crippen molar-refractivity contribution in [1.29, 1.82) is 0 Å². The van der Waals surface area contributed by atoms with Gasteiger partial charge in [0.15, 0.2) is 0 Å². The van der Waals surface area contributed by atoms with E-state index >= 15 is 0 Å². The van der Waals surface area contributed by atoms with Crippen molar-refractivity contribution >= 4 is 82.9 Å². The molecule has 10 aromatic rings. The Bertz CT molecular complexity index is 3330. The van der Waals surface area contributed by atoms with Crippen molar-refractivity contribution in [3.8, 4) is 33.4 Å². The van der Waals surface area contributed by atoms with E-state index in [0.717, 1.165) is 19.3 Å².